The monoisotopic (exact) mass is 231 g/mol. The Morgan fingerprint density at radius 1 is 1.71 bits per heavy atom. The molecule has 88 valence electrons. The third-order valence-electron chi connectivity index (χ3n) is 1.89. The van der Waals surface area contributed by atoms with Crippen LogP contribution in [0.3, 0.4) is 0 Å². The van der Waals surface area contributed by atoms with Crippen molar-refractivity contribution in [3.05, 3.63) is 41.9 Å². The average Bonchev–Trinajstić information content (AvgIpc) is 2.36. The predicted octanol–water partition coefficient (Wildman–Crippen LogP) is 1.14. The van der Waals surface area contributed by atoms with Gasteiger partial charge in [0, 0.05) is 25.1 Å². The molecule has 1 aromatic heterocycles. The van der Waals surface area contributed by atoms with Gasteiger partial charge in [-0.1, -0.05) is 6.07 Å². The molecule has 0 radical (unpaired) electrons. The van der Waals surface area contributed by atoms with Crippen LogP contribution in [0.15, 0.2) is 36.3 Å². The van der Waals surface area contributed by atoms with Gasteiger partial charge in [0.2, 0.25) is 0 Å². The van der Waals surface area contributed by atoms with Crippen molar-refractivity contribution in [2.75, 3.05) is 6.61 Å². The Bertz CT molecular complexity index is 435. The summed E-state index contributed by atoms with van der Waals surface area (Å²) in [5.41, 5.74) is 0.917. The van der Waals surface area contributed by atoms with Crippen molar-refractivity contribution < 1.29 is 9.53 Å². The van der Waals surface area contributed by atoms with Gasteiger partial charge < -0.3 is 10.1 Å². The van der Waals surface area contributed by atoms with E-state index in [2.05, 4.69) is 10.3 Å². The molecule has 0 saturated carbocycles. The fourth-order valence-corrected chi connectivity index (χ4v) is 1.12. The van der Waals surface area contributed by atoms with E-state index < -0.39 is 5.97 Å². The molecule has 0 spiro atoms. The second kappa shape index (κ2) is 7.01. The fraction of sp³-hybridized carbons (Fsp3) is 0.250. The molecule has 0 aliphatic carbocycles. The van der Waals surface area contributed by atoms with Crippen molar-refractivity contribution in [1.82, 2.24) is 10.3 Å². The van der Waals surface area contributed by atoms with E-state index in [1.165, 1.54) is 6.20 Å². The summed E-state index contributed by atoms with van der Waals surface area (Å²) in [4.78, 5) is 15.2. The summed E-state index contributed by atoms with van der Waals surface area (Å²) in [5.74, 6) is -0.617. The van der Waals surface area contributed by atoms with Gasteiger partial charge in [0.05, 0.1) is 6.61 Å². The van der Waals surface area contributed by atoms with Gasteiger partial charge in [-0.3, -0.25) is 4.98 Å². The molecule has 1 aromatic rings. The molecule has 0 amide bonds. The van der Waals surface area contributed by atoms with Crippen LogP contribution in [0.2, 0.25) is 0 Å². The fourth-order valence-electron chi connectivity index (χ4n) is 1.12. The van der Waals surface area contributed by atoms with Gasteiger partial charge in [0.25, 0.3) is 0 Å². The maximum absolute atomic E-state index is 11.3. The van der Waals surface area contributed by atoms with Crippen LogP contribution in [0, 0.1) is 11.3 Å². The van der Waals surface area contributed by atoms with Gasteiger partial charge in [-0.05, 0) is 18.6 Å². The van der Waals surface area contributed by atoms with Gasteiger partial charge in [-0.25, -0.2) is 4.79 Å². The Morgan fingerprint density at radius 3 is 3.12 bits per heavy atom. The Labute approximate surface area is 99.7 Å². The quantitative estimate of drug-likeness (QED) is 0.467. The number of aromatic nitrogens is 1. The molecule has 5 nitrogen and oxygen atoms in total. The highest BCUT2D eigenvalue weighted by Crippen LogP contribution is 1.97. The first-order valence-electron chi connectivity index (χ1n) is 5.17. The van der Waals surface area contributed by atoms with E-state index in [1.807, 2.05) is 12.1 Å². The molecular weight excluding hydrogens is 218 g/mol. The zero-order valence-electron chi connectivity index (χ0n) is 9.51. The second-order valence-corrected chi connectivity index (χ2v) is 3.13. The zero-order valence-corrected chi connectivity index (χ0v) is 9.51. The van der Waals surface area contributed by atoms with Crippen molar-refractivity contribution in [3.63, 3.8) is 0 Å². The zero-order chi connectivity index (χ0) is 12.5. The van der Waals surface area contributed by atoms with Gasteiger partial charge in [-0.2, -0.15) is 5.26 Å². The van der Waals surface area contributed by atoms with Crippen molar-refractivity contribution >= 4 is 5.97 Å². The maximum atomic E-state index is 11.3. The number of ether oxygens (including phenoxy) is 1. The number of esters is 1. The van der Waals surface area contributed by atoms with E-state index in [0.29, 0.717) is 6.54 Å². The van der Waals surface area contributed by atoms with Crippen LogP contribution < -0.4 is 5.32 Å². The molecule has 1 rings (SSSR count). The lowest BCUT2D eigenvalue weighted by Crippen LogP contribution is -2.12. The first kappa shape index (κ1) is 12.7. The van der Waals surface area contributed by atoms with Crippen molar-refractivity contribution in [2.24, 2.45) is 0 Å². The van der Waals surface area contributed by atoms with Crippen LogP contribution in [-0.4, -0.2) is 17.6 Å². The lowest BCUT2D eigenvalue weighted by atomic mass is 10.3. The van der Waals surface area contributed by atoms with Gasteiger partial charge in [0.1, 0.15) is 6.07 Å². The van der Waals surface area contributed by atoms with E-state index >= 15 is 0 Å². The topological polar surface area (TPSA) is 75.0 Å². The summed E-state index contributed by atoms with van der Waals surface area (Å²) in [6.45, 7) is 2.44. The van der Waals surface area contributed by atoms with E-state index in [1.54, 1.807) is 25.4 Å². The van der Waals surface area contributed by atoms with Crippen LogP contribution >= 0.6 is 0 Å². The molecular formula is C12H13N3O2. The minimum atomic E-state index is -0.617. The number of pyridine rings is 1. The van der Waals surface area contributed by atoms with Crippen LogP contribution in [0.5, 0.6) is 0 Å². The lowest BCUT2D eigenvalue weighted by molar-refractivity contribution is -0.138. The molecule has 0 aliphatic heterocycles. The SMILES string of the molecule is CCOC(=O)/C(C#N)=C\NCc1cccnc1. The first-order chi connectivity index (χ1) is 8.27. The normalized spacial score (nSPS) is 10.5. The molecule has 0 bridgehead atoms. The third-order valence-corrected chi connectivity index (χ3v) is 1.89. The minimum Gasteiger partial charge on any atom is -0.462 e. The molecule has 0 atom stereocenters. The van der Waals surface area contributed by atoms with Crippen LogP contribution in [0.1, 0.15) is 12.5 Å². The summed E-state index contributed by atoms with van der Waals surface area (Å²) in [6, 6.07) is 5.49. The summed E-state index contributed by atoms with van der Waals surface area (Å²) >= 11 is 0. The van der Waals surface area contributed by atoms with E-state index in [9.17, 15) is 4.79 Å². The van der Waals surface area contributed by atoms with Gasteiger partial charge in [0.15, 0.2) is 5.57 Å². The molecule has 0 saturated heterocycles. The van der Waals surface area contributed by atoms with Crippen molar-refractivity contribution in [3.8, 4) is 6.07 Å². The highest BCUT2D eigenvalue weighted by molar-refractivity contribution is 5.92. The Kier molecular flexibility index (Phi) is 5.25. The molecule has 1 N–H and O–H groups in total. The standard InChI is InChI=1S/C12H13N3O2/c1-2-17-12(16)11(6-13)9-15-8-10-4-3-5-14-7-10/h3-5,7,9,15H,2,8H2,1H3/b11-9-. The second-order valence-electron chi connectivity index (χ2n) is 3.13. The number of rotatable bonds is 5. The molecule has 17 heavy (non-hydrogen) atoms. The molecule has 1 heterocycles. The van der Waals surface area contributed by atoms with Crippen molar-refractivity contribution in [2.45, 2.75) is 13.5 Å². The summed E-state index contributed by atoms with van der Waals surface area (Å²) in [7, 11) is 0. The first-order valence-corrected chi connectivity index (χ1v) is 5.17. The third kappa shape index (κ3) is 4.34. The molecule has 0 fully saturated rings. The number of nitrogens with zero attached hydrogens (tertiary/aromatic N) is 2. The Balaban J connectivity index is 2.52. The smallest absolute Gasteiger partial charge is 0.350 e. The highest BCUT2D eigenvalue weighted by atomic mass is 16.5. The largest absolute Gasteiger partial charge is 0.462 e. The number of nitriles is 1. The molecule has 0 aliphatic rings. The number of nitrogens with one attached hydrogen (secondary N) is 1. The highest BCUT2D eigenvalue weighted by Gasteiger charge is 2.08. The number of hydrogen-bond donors (Lipinski definition) is 1. The number of carbonyl (C=O) groups is 1. The lowest BCUT2D eigenvalue weighted by Gasteiger charge is -2.02. The maximum Gasteiger partial charge on any atom is 0.350 e. The average molecular weight is 231 g/mol. The summed E-state index contributed by atoms with van der Waals surface area (Å²) in [5, 5.41) is 11.6. The number of carbonyl (C=O) groups excluding carboxylic acids is 1. The van der Waals surface area contributed by atoms with Gasteiger partial charge in [-0.15, -0.1) is 0 Å². The van der Waals surface area contributed by atoms with Crippen molar-refractivity contribution in [1.29, 1.82) is 5.26 Å². The Morgan fingerprint density at radius 2 is 2.53 bits per heavy atom. The molecule has 0 aromatic carbocycles. The summed E-state index contributed by atoms with van der Waals surface area (Å²) < 4.78 is 4.72. The predicted molar refractivity (Wildman–Crippen MR) is 61.4 cm³/mol. The minimum absolute atomic E-state index is 0.0456. The Hall–Kier alpha value is -2.35. The van der Waals surface area contributed by atoms with Crippen LogP contribution in [0.4, 0.5) is 0 Å². The molecule has 5 heteroatoms. The van der Waals surface area contributed by atoms with Gasteiger partial charge >= 0.3 is 5.97 Å². The van der Waals surface area contributed by atoms with Crippen LogP contribution in [-0.2, 0) is 16.1 Å². The summed E-state index contributed by atoms with van der Waals surface area (Å²) in [6.07, 6.45) is 4.74. The van der Waals surface area contributed by atoms with E-state index in [4.69, 9.17) is 10.00 Å². The van der Waals surface area contributed by atoms with E-state index in [-0.39, 0.29) is 12.2 Å². The van der Waals surface area contributed by atoms with E-state index in [0.717, 1.165) is 5.56 Å². The number of hydrogen-bond acceptors (Lipinski definition) is 5. The molecule has 0 unspecified atom stereocenters. The van der Waals surface area contributed by atoms with Crippen LogP contribution in [0.25, 0.3) is 0 Å².